The summed E-state index contributed by atoms with van der Waals surface area (Å²) >= 11 is 0. The zero-order valence-corrected chi connectivity index (χ0v) is 12.5. The molecule has 0 unspecified atom stereocenters. The van der Waals surface area contributed by atoms with E-state index in [1.807, 2.05) is 66.4 Å². The second-order valence-electron chi connectivity index (χ2n) is 5.14. The van der Waals surface area contributed by atoms with Crippen molar-refractivity contribution < 1.29 is 4.79 Å². The summed E-state index contributed by atoms with van der Waals surface area (Å²) in [7, 11) is 0. The molecule has 1 amide bonds. The number of carbonyl (C=O) groups excluding carboxylic acids is 1. The number of nitrogens with two attached hydrogens (primary N) is 1. The molecule has 0 aliphatic heterocycles. The van der Waals surface area contributed by atoms with Crippen LogP contribution in [0.3, 0.4) is 0 Å². The van der Waals surface area contributed by atoms with Crippen molar-refractivity contribution in [1.82, 2.24) is 0 Å². The standard InChI is InChI=1S/C18H22N2O/c1-15-8-5-6-11-17(15)20(13-7-12-19)18(21)14-16-9-3-2-4-10-16/h2-6,8-11H,7,12-14,19H2,1H3. The minimum Gasteiger partial charge on any atom is -0.330 e. The van der Waals surface area contributed by atoms with E-state index in [0.29, 0.717) is 19.5 Å². The average molecular weight is 282 g/mol. The highest BCUT2D eigenvalue weighted by molar-refractivity contribution is 5.95. The first kappa shape index (κ1) is 15.3. The Bertz CT molecular complexity index is 581. The van der Waals surface area contributed by atoms with Gasteiger partial charge >= 0.3 is 0 Å². The predicted octanol–water partition coefficient (Wildman–Crippen LogP) is 2.92. The zero-order chi connectivity index (χ0) is 15.1. The lowest BCUT2D eigenvalue weighted by atomic mass is 10.1. The van der Waals surface area contributed by atoms with Gasteiger partial charge in [0.15, 0.2) is 0 Å². The SMILES string of the molecule is Cc1ccccc1N(CCCN)C(=O)Cc1ccccc1. The molecule has 3 nitrogen and oxygen atoms in total. The molecule has 0 bridgehead atoms. The average Bonchev–Trinajstić information content (AvgIpc) is 2.50. The minimum absolute atomic E-state index is 0.115. The molecule has 0 atom stereocenters. The summed E-state index contributed by atoms with van der Waals surface area (Å²) in [5, 5.41) is 0. The van der Waals surface area contributed by atoms with E-state index in [-0.39, 0.29) is 5.91 Å². The second-order valence-corrected chi connectivity index (χ2v) is 5.14. The first-order chi connectivity index (χ1) is 10.2. The number of anilines is 1. The summed E-state index contributed by atoms with van der Waals surface area (Å²) in [4.78, 5) is 14.5. The van der Waals surface area contributed by atoms with Crippen molar-refractivity contribution in [3.63, 3.8) is 0 Å². The van der Waals surface area contributed by atoms with E-state index in [4.69, 9.17) is 5.73 Å². The lowest BCUT2D eigenvalue weighted by molar-refractivity contribution is -0.118. The van der Waals surface area contributed by atoms with Crippen LogP contribution in [0.1, 0.15) is 17.5 Å². The van der Waals surface area contributed by atoms with Crippen molar-refractivity contribution in [1.29, 1.82) is 0 Å². The molecule has 21 heavy (non-hydrogen) atoms. The minimum atomic E-state index is 0.115. The smallest absolute Gasteiger partial charge is 0.231 e. The topological polar surface area (TPSA) is 46.3 Å². The third-order valence-corrected chi connectivity index (χ3v) is 3.49. The Balaban J connectivity index is 2.19. The van der Waals surface area contributed by atoms with Crippen LogP contribution in [0.5, 0.6) is 0 Å². The monoisotopic (exact) mass is 282 g/mol. The van der Waals surface area contributed by atoms with E-state index >= 15 is 0 Å². The summed E-state index contributed by atoms with van der Waals surface area (Å²) in [5.41, 5.74) is 8.73. The van der Waals surface area contributed by atoms with Gasteiger partial charge in [-0.15, -0.1) is 0 Å². The number of rotatable bonds is 6. The number of para-hydroxylation sites is 1. The van der Waals surface area contributed by atoms with Gasteiger partial charge in [0, 0.05) is 12.2 Å². The lowest BCUT2D eigenvalue weighted by Crippen LogP contribution is -2.34. The van der Waals surface area contributed by atoms with Crippen molar-refractivity contribution in [3.8, 4) is 0 Å². The van der Waals surface area contributed by atoms with Crippen molar-refractivity contribution >= 4 is 11.6 Å². The molecule has 3 heteroatoms. The van der Waals surface area contributed by atoms with E-state index in [1.165, 1.54) is 0 Å². The van der Waals surface area contributed by atoms with Crippen molar-refractivity contribution in [2.24, 2.45) is 5.73 Å². The first-order valence-corrected chi connectivity index (χ1v) is 7.32. The van der Waals surface area contributed by atoms with Gasteiger partial charge in [-0.1, -0.05) is 48.5 Å². The molecule has 0 saturated carbocycles. The lowest BCUT2D eigenvalue weighted by Gasteiger charge is -2.24. The van der Waals surface area contributed by atoms with Crippen LogP contribution in [0.2, 0.25) is 0 Å². The van der Waals surface area contributed by atoms with Crippen LogP contribution in [0, 0.1) is 6.92 Å². The van der Waals surface area contributed by atoms with Gasteiger partial charge in [0.1, 0.15) is 0 Å². The molecule has 0 aliphatic rings. The summed E-state index contributed by atoms with van der Waals surface area (Å²) < 4.78 is 0. The molecule has 2 aromatic rings. The van der Waals surface area contributed by atoms with Crippen molar-refractivity contribution in [2.45, 2.75) is 19.8 Å². The van der Waals surface area contributed by atoms with Crippen molar-refractivity contribution in [3.05, 3.63) is 65.7 Å². The fourth-order valence-electron chi connectivity index (χ4n) is 2.36. The molecule has 0 heterocycles. The number of carbonyl (C=O) groups is 1. The van der Waals surface area contributed by atoms with Crippen LogP contribution in [-0.4, -0.2) is 19.0 Å². The molecule has 0 radical (unpaired) electrons. The Kier molecular flexibility index (Phi) is 5.52. The normalized spacial score (nSPS) is 10.4. The third-order valence-electron chi connectivity index (χ3n) is 3.49. The van der Waals surface area contributed by atoms with Crippen LogP contribution >= 0.6 is 0 Å². The van der Waals surface area contributed by atoms with Crippen LogP contribution in [0.25, 0.3) is 0 Å². The Morgan fingerprint density at radius 2 is 1.71 bits per heavy atom. The number of hydrogen-bond acceptors (Lipinski definition) is 2. The third kappa shape index (κ3) is 4.17. The highest BCUT2D eigenvalue weighted by Gasteiger charge is 2.17. The van der Waals surface area contributed by atoms with E-state index in [1.54, 1.807) is 0 Å². The molecule has 0 fully saturated rings. The first-order valence-electron chi connectivity index (χ1n) is 7.32. The van der Waals surface area contributed by atoms with Gasteiger partial charge in [-0.2, -0.15) is 0 Å². The van der Waals surface area contributed by atoms with Gasteiger partial charge in [-0.25, -0.2) is 0 Å². The summed E-state index contributed by atoms with van der Waals surface area (Å²) in [6.45, 7) is 3.27. The van der Waals surface area contributed by atoms with E-state index < -0.39 is 0 Å². The van der Waals surface area contributed by atoms with Gasteiger partial charge in [-0.05, 0) is 37.1 Å². The largest absolute Gasteiger partial charge is 0.330 e. The number of aryl methyl sites for hydroxylation is 1. The molecular weight excluding hydrogens is 260 g/mol. The van der Waals surface area contributed by atoms with E-state index in [0.717, 1.165) is 23.2 Å². The van der Waals surface area contributed by atoms with Gasteiger partial charge in [0.25, 0.3) is 0 Å². The summed E-state index contributed by atoms with van der Waals surface area (Å²) in [6, 6.07) is 17.8. The van der Waals surface area contributed by atoms with Crippen LogP contribution in [0.15, 0.2) is 54.6 Å². The fourth-order valence-corrected chi connectivity index (χ4v) is 2.36. The van der Waals surface area contributed by atoms with Crippen LogP contribution in [-0.2, 0) is 11.2 Å². The Morgan fingerprint density at radius 1 is 1.05 bits per heavy atom. The van der Waals surface area contributed by atoms with Gasteiger partial charge in [0.05, 0.1) is 6.42 Å². The number of amides is 1. The van der Waals surface area contributed by atoms with E-state index in [9.17, 15) is 4.79 Å². The number of nitrogens with zero attached hydrogens (tertiary/aromatic N) is 1. The second kappa shape index (κ2) is 7.60. The van der Waals surface area contributed by atoms with Crippen LogP contribution < -0.4 is 10.6 Å². The van der Waals surface area contributed by atoms with Crippen molar-refractivity contribution in [2.75, 3.05) is 18.0 Å². The fraction of sp³-hybridized carbons (Fsp3) is 0.278. The zero-order valence-electron chi connectivity index (χ0n) is 12.5. The summed E-state index contributed by atoms with van der Waals surface area (Å²) in [5.74, 6) is 0.115. The highest BCUT2D eigenvalue weighted by atomic mass is 16.2. The quantitative estimate of drug-likeness (QED) is 0.885. The molecule has 2 aromatic carbocycles. The molecule has 0 saturated heterocycles. The Morgan fingerprint density at radius 3 is 2.38 bits per heavy atom. The molecular formula is C18H22N2O. The molecule has 0 spiro atoms. The van der Waals surface area contributed by atoms with Gasteiger partial charge in [-0.3, -0.25) is 4.79 Å². The highest BCUT2D eigenvalue weighted by Crippen LogP contribution is 2.20. The van der Waals surface area contributed by atoms with Gasteiger partial charge in [0.2, 0.25) is 5.91 Å². The predicted molar refractivity (Wildman–Crippen MR) is 87.3 cm³/mol. The molecule has 110 valence electrons. The number of benzene rings is 2. The number of hydrogen-bond donors (Lipinski definition) is 1. The molecule has 2 N–H and O–H groups in total. The van der Waals surface area contributed by atoms with E-state index in [2.05, 4.69) is 0 Å². The Labute approximate surface area is 126 Å². The van der Waals surface area contributed by atoms with Crippen LogP contribution in [0.4, 0.5) is 5.69 Å². The van der Waals surface area contributed by atoms with Gasteiger partial charge < -0.3 is 10.6 Å². The summed E-state index contributed by atoms with van der Waals surface area (Å²) in [6.07, 6.45) is 1.22. The Hall–Kier alpha value is -2.13. The maximum atomic E-state index is 12.7. The molecule has 0 aliphatic carbocycles. The molecule has 0 aromatic heterocycles. The maximum absolute atomic E-state index is 12.7. The molecule has 2 rings (SSSR count). The maximum Gasteiger partial charge on any atom is 0.231 e.